The summed E-state index contributed by atoms with van der Waals surface area (Å²) in [6.45, 7) is 1.56. The Labute approximate surface area is 126 Å². The second kappa shape index (κ2) is 6.79. The molecule has 21 heavy (non-hydrogen) atoms. The highest BCUT2D eigenvalue weighted by molar-refractivity contribution is 9.10. The quantitative estimate of drug-likeness (QED) is 0.761. The molecule has 1 aromatic carbocycles. The number of aliphatic carboxylic acids is 1. The van der Waals surface area contributed by atoms with Gasteiger partial charge < -0.3 is 15.7 Å². The maximum atomic E-state index is 12.7. The second-order valence-corrected chi connectivity index (χ2v) is 4.94. The van der Waals surface area contributed by atoms with Crippen molar-refractivity contribution in [3.8, 4) is 0 Å². The van der Waals surface area contributed by atoms with Crippen LogP contribution in [0.3, 0.4) is 0 Å². The number of hydrogen-bond acceptors (Lipinski definition) is 2. The van der Waals surface area contributed by atoms with E-state index >= 15 is 0 Å². The molecular weight excluding hydrogens is 357 g/mol. The summed E-state index contributed by atoms with van der Waals surface area (Å²) in [5.74, 6) is -1.22. The molecule has 9 heteroatoms. The molecule has 0 aliphatic rings. The van der Waals surface area contributed by atoms with Gasteiger partial charge in [0.25, 0.3) is 0 Å². The third-order valence-corrected chi connectivity index (χ3v) is 3.23. The lowest BCUT2D eigenvalue weighted by Crippen LogP contribution is -2.42. The van der Waals surface area contributed by atoms with E-state index in [1.807, 2.05) is 0 Å². The summed E-state index contributed by atoms with van der Waals surface area (Å²) in [4.78, 5) is 22.3. The average molecular weight is 369 g/mol. The number of benzene rings is 1. The Morgan fingerprint density at radius 3 is 2.48 bits per heavy atom. The van der Waals surface area contributed by atoms with Crippen LogP contribution in [0.5, 0.6) is 0 Å². The van der Waals surface area contributed by atoms with Crippen LogP contribution in [0.15, 0.2) is 22.7 Å². The topological polar surface area (TPSA) is 78.4 Å². The molecule has 5 nitrogen and oxygen atoms in total. The van der Waals surface area contributed by atoms with Crippen LogP contribution in [0.2, 0.25) is 0 Å². The number of halogens is 4. The fourth-order valence-electron chi connectivity index (χ4n) is 1.48. The van der Waals surface area contributed by atoms with Crippen LogP contribution in [0.25, 0.3) is 0 Å². The van der Waals surface area contributed by atoms with E-state index in [2.05, 4.69) is 26.6 Å². The van der Waals surface area contributed by atoms with Crippen molar-refractivity contribution in [1.29, 1.82) is 0 Å². The van der Waals surface area contributed by atoms with E-state index in [9.17, 15) is 22.8 Å². The van der Waals surface area contributed by atoms with Gasteiger partial charge in [-0.1, -0.05) is 22.9 Å². The predicted octanol–water partition coefficient (Wildman–Crippen LogP) is 3.45. The Kier molecular flexibility index (Phi) is 5.59. The molecule has 1 aromatic rings. The first-order valence-electron chi connectivity index (χ1n) is 5.82. The van der Waals surface area contributed by atoms with E-state index in [1.54, 1.807) is 6.92 Å². The molecule has 0 bridgehead atoms. The van der Waals surface area contributed by atoms with Gasteiger partial charge in [-0.05, 0) is 24.6 Å². The Morgan fingerprint density at radius 1 is 1.38 bits per heavy atom. The summed E-state index contributed by atoms with van der Waals surface area (Å²) >= 11 is 2.78. The Balaban J connectivity index is 2.84. The largest absolute Gasteiger partial charge is 0.480 e. The van der Waals surface area contributed by atoms with E-state index in [4.69, 9.17) is 5.11 Å². The van der Waals surface area contributed by atoms with Crippen molar-refractivity contribution in [1.82, 2.24) is 5.32 Å². The summed E-state index contributed by atoms with van der Waals surface area (Å²) < 4.78 is 37.9. The van der Waals surface area contributed by atoms with Gasteiger partial charge in [-0.3, -0.25) is 0 Å². The molecule has 0 radical (unpaired) electrons. The number of carbonyl (C=O) groups is 2. The lowest BCUT2D eigenvalue weighted by atomic mass is 10.2. The van der Waals surface area contributed by atoms with Crippen molar-refractivity contribution in [2.75, 3.05) is 5.32 Å². The zero-order chi connectivity index (χ0) is 16.2. The van der Waals surface area contributed by atoms with Gasteiger partial charge in [0, 0.05) is 10.2 Å². The third kappa shape index (κ3) is 4.92. The molecule has 0 saturated carbocycles. The van der Waals surface area contributed by atoms with E-state index in [1.165, 1.54) is 6.07 Å². The summed E-state index contributed by atoms with van der Waals surface area (Å²) in [6.07, 6.45) is -4.42. The highest BCUT2D eigenvalue weighted by Crippen LogP contribution is 2.36. The van der Waals surface area contributed by atoms with Crippen molar-refractivity contribution in [2.45, 2.75) is 25.6 Å². The maximum Gasteiger partial charge on any atom is 0.417 e. The first-order valence-corrected chi connectivity index (χ1v) is 6.61. The van der Waals surface area contributed by atoms with Crippen LogP contribution in [0, 0.1) is 0 Å². The molecule has 1 unspecified atom stereocenters. The van der Waals surface area contributed by atoms with Crippen molar-refractivity contribution >= 4 is 33.6 Å². The number of hydrogen-bond donors (Lipinski definition) is 3. The summed E-state index contributed by atoms with van der Waals surface area (Å²) in [7, 11) is 0. The minimum Gasteiger partial charge on any atom is -0.480 e. The molecule has 3 N–H and O–H groups in total. The van der Waals surface area contributed by atoms with Crippen LogP contribution in [0.4, 0.5) is 23.7 Å². The van der Waals surface area contributed by atoms with Gasteiger partial charge in [-0.15, -0.1) is 0 Å². The molecular formula is C12H12BrF3N2O3. The van der Waals surface area contributed by atoms with Crippen molar-refractivity contribution < 1.29 is 27.9 Å². The smallest absolute Gasteiger partial charge is 0.417 e. The predicted molar refractivity (Wildman–Crippen MR) is 73.0 cm³/mol. The lowest BCUT2D eigenvalue weighted by Gasteiger charge is -2.15. The normalized spacial score (nSPS) is 12.6. The van der Waals surface area contributed by atoms with E-state index < -0.39 is 29.8 Å². The number of urea groups is 1. The molecule has 0 aromatic heterocycles. The highest BCUT2D eigenvalue weighted by Gasteiger charge is 2.33. The number of carboxylic acid groups (broad SMARTS) is 1. The van der Waals surface area contributed by atoms with Crippen LogP contribution < -0.4 is 10.6 Å². The molecule has 1 atom stereocenters. The van der Waals surface area contributed by atoms with Crippen LogP contribution in [0.1, 0.15) is 18.9 Å². The van der Waals surface area contributed by atoms with Crippen LogP contribution in [-0.4, -0.2) is 23.1 Å². The Hall–Kier alpha value is -1.77. The fourth-order valence-corrected chi connectivity index (χ4v) is 1.96. The van der Waals surface area contributed by atoms with Gasteiger partial charge in [0.2, 0.25) is 0 Å². The number of carbonyl (C=O) groups excluding carboxylic acids is 1. The third-order valence-electron chi connectivity index (χ3n) is 2.54. The van der Waals surface area contributed by atoms with E-state index in [0.29, 0.717) is 0 Å². The van der Waals surface area contributed by atoms with Gasteiger partial charge in [0.15, 0.2) is 0 Å². The molecule has 0 aliphatic carbocycles. The second-order valence-electron chi connectivity index (χ2n) is 4.09. The summed E-state index contributed by atoms with van der Waals surface area (Å²) in [5.41, 5.74) is -1.03. The molecule has 0 spiro atoms. The molecule has 0 fully saturated rings. The standard InChI is InChI=1S/C12H12BrF3N2O3/c1-2-9(10(19)20)18-11(21)17-6-3-4-8(13)7(5-6)12(14,15)16/h3-5,9H,2H2,1H3,(H,19,20)(H2,17,18,21). The zero-order valence-electron chi connectivity index (χ0n) is 10.8. The fraction of sp³-hybridized carbons (Fsp3) is 0.333. The highest BCUT2D eigenvalue weighted by atomic mass is 79.9. The Morgan fingerprint density at radius 2 is 2.00 bits per heavy atom. The first kappa shape index (κ1) is 17.3. The Bertz CT molecular complexity index is 549. The minimum absolute atomic E-state index is 0.0942. The molecule has 2 amide bonds. The molecule has 1 rings (SSSR count). The number of rotatable bonds is 4. The number of anilines is 1. The first-order chi connectivity index (χ1) is 9.65. The number of amides is 2. The van der Waals surface area contributed by atoms with Crippen molar-refractivity contribution in [2.24, 2.45) is 0 Å². The molecule has 116 valence electrons. The van der Waals surface area contributed by atoms with Gasteiger partial charge in [-0.2, -0.15) is 13.2 Å². The SMILES string of the molecule is CCC(NC(=O)Nc1ccc(Br)c(C(F)(F)F)c1)C(=O)O. The van der Waals surface area contributed by atoms with Crippen LogP contribution >= 0.6 is 15.9 Å². The maximum absolute atomic E-state index is 12.7. The average Bonchev–Trinajstić information content (AvgIpc) is 2.36. The number of nitrogens with one attached hydrogen (secondary N) is 2. The molecule has 0 aliphatic heterocycles. The molecule has 0 heterocycles. The van der Waals surface area contributed by atoms with Crippen molar-refractivity contribution in [3.63, 3.8) is 0 Å². The van der Waals surface area contributed by atoms with Crippen molar-refractivity contribution in [3.05, 3.63) is 28.2 Å². The van der Waals surface area contributed by atoms with Gasteiger partial charge in [0.1, 0.15) is 6.04 Å². The van der Waals surface area contributed by atoms with Gasteiger partial charge >= 0.3 is 18.2 Å². The van der Waals surface area contributed by atoms with E-state index in [0.717, 1.165) is 12.1 Å². The lowest BCUT2D eigenvalue weighted by molar-refractivity contribution is -0.139. The number of alkyl halides is 3. The number of carboxylic acids is 1. The minimum atomic E-state index is -4.57. The van der Waals surface area contributed by atoms with Crippen LogP contribution in [-0.2, 0) is 11.0 Å². The van der Waals surface area contributed by atoms with E-state index in [-0.39, 0.29) is 16.6 Å². The molecule has 0 saturated heterocycles. The summed E-state index contributed by atoms with van der Waals surface area (Å²) in [5, 5.41) is 13.1. The zero-order valence-corrected chi connectivity index (χ0v) is 12.4. The summed E-state index contributed by atoms with van der Waals surface area (Å²) in [6, 6.07) is 1.17. The monoisotopic (exact) mass is 368 g/mol. The van der Waals surface area contributed by atoms with Gasteiger partial charge in [0.05, 0.1) is 5.56 Å². The van der Waals surface area contributed by atoms with Gasteiger partial charge in [-0.25, -0.2) is 9.59 Å².